The molecule has 0 unspecified atom stereocenters. The maximum Gasteiger partial charge on any atom is 0.0467 e. The molecule has 0 heterocycles. The molecule has 0 fully saturated rings. The van der Waals surface area contributed by atoms with Gasteiger partial charge in [-0.3, -0.25) is 4.99 Å². The third-order valence-electron chi connectivity index (χ3n) is 8.40. The molecular formula is C47H47Br2CoN3PPd-. The zero-order chi connectivity index (χ0) is 38.2. The van der Waals surface area contributed by atoms with Crippen molar-refractivity contribution >= 4 is 86.9 Å². The van der Waals surface area contributed by atoms with Gasteiger partial charge in [0.2, 0.25) is 0 Å². The van der Waals surface area contributed by atoms with Crippen LogP contribution in [0.25, 0.3) is 0 Å². The molecule has 0 atom stereocenters. The minimum Gasteiger partial charge on any atom is -0.176 e. The Kier molecular flexibility index (Phi) is 21.9. The minimum atomic E-state index is -0.502. The van der Waals surface area contributed by atoms with E-state index in [-0.39, 0.29) is 27.8 Å². The van der Waals surface area contributed by atoms with E-state index in [4.69, 9.17) is 15.0 Å². The first kappa shape index (κ1) is 47.9. The molecule has 0 spiro atoms. The molecule has 289 valence electrons. The summed E-state index contributed by atoms with van der Waals surface area (Å²) >= 11 is 7.12. The van der Waals surface area contributed by atoms with Crippen molar-refractivity contribution in [2.45, 2.75) is 48.5 Å². The van der Waals surface area contributed by atoms with Gasteiger partial charge in [-0.05, 0) is 99.4 Å². The molecule has 6 rings (SSSR count). The Hall–Kier alpha value is -3.24. The zero-order valence-corrected chi connectivity index (χ0v) is 39.1. The van der Waals surface area contributed by atoms with Gasteiger partial charge in [0.15, 0.2) is 0 Å². The Bertz CT molecular complexity index is 2000. The van der Waals surface area contributed by atoms with Crippen LogP contribution in [0.2, 0.25) is 0 Å². The van der Waals surface area contributed by atoms with Crippen LogP contribution in [0, 0.1) is 55.0 Å². The molecule has 6 aromatic carbocycles. The van der Waals surface area contributed by atoms with Crippen molar-refractivity contribution < 1.29 is 31.5 Å². The van der Waals surface area contributed by atoms with Gasteiger partial charge in [-0.1, -0.05) is 140 Å². The largest absolute Gasteiger partial charge is 0.176 e. The molecule has 0 aliphatic rings. The number of hydrogen-bond acceptors (Lipinski definition) is 3. The predicted octanol–water partition coefficient (Wildman–Crippen LogP) is 13.1. The number of nitrogens with zero attached hydrogens (tertiary/aromatic N) is 3. The Morgan fingerprint density at radius 1 is 0.545 bits per heavy atom. The second kappa shape index (κ2) is 25.1. The summed E-state index contributed by atoms with van der Waals surface area (Å²) in [7, 11) is -0.502. The van der Waals surface area contributed by atoms with Crippen LogP contribution in [0.5, 0.6) is 0 Å². The van der Waals surface area contributed by atoms with Crippen LogP contribution in [0.3, 0.4) is 0 Å². The van der Waals surface area contributed by atoms with Crippen molar-refractivity contribution in [1.82, 2.24) is 0 Å². The van der Waals surface area contributed by atoms with Crippen molar-refractivity contribution in [3.63, 3.8) is 0 Å². The second-order valence-electron chi connectivity index (χ2n) is 12.4. The maximum absolute atomic E-state index is 4.97. The van der Waals surface area contributed by atoms with Gasteiger partial charge in [-0.25, -0.2) is 0 Å². The van der Waals surface area contributed by atoms with E-state index in [1.165, 1.54) is 15.9 Å². The normalized spacial score (nSPS) is 11.2. The van der Waals surface area contributed by atoms with Gasteiger partial charge in [-0.2, -0.15) is 30.3 Å². The average Bonchev–Trinajstić information content (AvgIpc) is 3.16. The zero-order valence-electron chi connectivity index (χ0n) is 32.5. The molecule has 0 aliphatic heterocycles. The molecule has 0 radical (unpaired) electrons. The van der Waals surface area contributed by atoms with Crippen LogP contribution in [-0.2, 0) is 31.5 Å². The van der Waals surface area contributed by atoms with E-state index in [1.54, 1.807) is 0 Å². The summed E-state index contributed by atoms with van der Waals surface area (Å²) in [6, 6.07) is 51.7. The van der Waals surface area contributed by atoms with Crippen LogP contribution in [0.4, 0.5) is 17.1 Å². The van der Waals surface area contributed by atoms with E-state index in [0.29, 0.717) is 5.71 Å². The minimum absolute atomic E-state index is 0. The van der Waals surface area contributed by atoms with E-state index in [9.17, 15) is 0 Å². The SMILES string of the molecule is CC(=Nc1c(C)cccc1C)C([C-]=Nc1c(C)cccc1C)=Nc1c(C)cccc1C.[Br][Co][Br].[CH3+].[Pd].[c-]1ccccc1P(c1ccccc1)c1ccccc1. The van der Waals surface area contributed by atoms with E-state index in [2.05, 4.69) is 203 Å². The van der Waals surface area contributed by atoms with Crippen molar-refractivity contribution in [1.29, 1.82) is 0 Å². The average molecular weight is 1010 g/mol. The van der Waals surface area contributed by atoms with Crippen LogP contribution in [0.15, 0.2) is 155 Å². The van der Waals surface area contributed by atoms with E-state index in [1.807, 2.05) is 25.1 Å². The fourth-order valence-electron chi connectivity index (χ4n) is 5.68. The predicted molar refractivity (Wildman–Crippen MR) is 243 cm³/mol. The number of halogens is 2. The maximum atomic E-state index is 4.97. The third-order valence-corrected chi connectivity index (χ3v) is 10.8. The van der Waals surface area contributed by atoms with Crippen LogP contribution in [-0.4, -0.2) is 17.6 Å². The molecule has 0 aliphatic carbocycles. The Balaban J connectivity index is 0.000000373. The molecule has 55 heavy (non-hydrogen) atoms. The quantitative estimate of drug-likeness (QED) is 0.0631. The number of aliphatic imine (C=N–C) groups is 3. The summed E-state index contributed by atoms with van der Waals surface area (Å²) in [5.41, 5.74) is 11.0. The van der Waals surface area contributed by atoms with Gasteiger partial charge in [0.05, 0.1) is 11.4 Å². The van der Waals surface area contributed by atoms with Gasteiger partial charge in [0.25, 0.3) is 0 Å². The van der Waals surface area contributed by atoms with Crippen LogP contribution in [0.1, 0.15) is 40.3 Å². The van der Waals surface area contributed by atoms with E-state index >= 15 is 0 Å². The molecule has 0 N–H and O–H groups in total. The molecule has 6 aromatic rings. The topological polar surface area (TPSA) is 37.1 Å². The Labute approximate surface area is 365 Å². The molecule has 0 amide bonds. The van der Waals surface area contributed by atoms with E-state index < -0.39 is 7.92 Å². The summed E-state index contributed by atoms with van der Waals surface area (Å²) in [5, 5.41) is 4.01. The van der Waals surface area contributed by atoms with Crippen molar-refractivity contribution in [2.24, 2.45) is 15.0 Å². The summed E-state index contributed by atoms with van der Waals surface area (Å²) < 4.78 is 0. The number of para-hydroxylation sites is 3. The number of aryl methyl sites for hydroxylation is 6. The van der Waals surface area contributed by atoms with Crippen molar-refractivity contribution in [3.8, 4) is 0 Å². The smallest absolute Gasteiger partial charge is 0.0467 e. The fraction of sp³-hybridized carbons (Fsp3) is 0.149. The number of benzene rings is 6. The molecular weight excluding hydrogens is 963 g/mol. The standard InChI is InChI=1S/C28H30N3.C18H14P.CH3.2BrH.Co.Pd/c1-18-11-8-12-19(2)26(18)29-17-25(31-28-22(5)15-10-16-23(28)6)24(7)30-27-20(3)13-9-14-21(27)4;1-4-10-16(11-5-1)19(17-12-6-2-7-13-17)18-14-8-3-9-15-18;;;;;/h8-16H,1-7H3;1-14H;1H3;2*1H;;/q2*-1;+1;;;+2;/p-2. The molecule has 0 saturated heterocycles. The van der Waals surface area contributed by atoms with Gasteiger partial charge in [-0.15, -0.1) is 5.30 Å². The van der Waals surface area contributed by atoms with Gasteiger partial charge in [0.1, 0.15) is 0 Å². The Morgan fingerprint density at radius 2 is 0.927 bits per heavy atom. The molecule has 8 heteroatoms. The fourth-order valence-corrected chi connectivity index (χ4v) is 7.91. The summed E-state index contributed by atoms with van der Waals surface area (Å²) in [5.74, 6) is 0. The van der Waals surface area contributed by atoms with Crippen LogP contribution >= 0.6 is 36.3 Å². The summed E-state index contributed by atoms with van der Waals surface area (Å²) in [6.45, 7) is 14.4. The summed E-state index contributed by atoms with van der Waals surface area (Å²) in [6.07, 6.45) is 3.22. The molecule has 3 nitrogen and oxygen atoms in total. The van der Waals surface area contributed by atoms with Crippen molar-refractivity contribution in [3.05, 3.63) is 186 Å². The van der Waals surface area contributed by atoms with Gasteiger partial charge >= 0.3 is 39.5 Å². The van der Waals surface area contributed by atoms with E-state index in [0.717, 1.165) is 67.3 Å². The monoisotopic (exact) mass is 1010 g/mol. The van der Waals surface area contributed by atoms with Crippen LogP contribution < -0.4 is 15.9 Å². The first-order chi connectivity index (χ1) is 25.6. The third kappa shape index (κ3) is 14.3. The molecule has 0 saturated carbocycles. The molecule has 0 aromatic heterocycles. The first-order valence-corrected chi connectivity index (χ1v) is 23.6. The van der Waals surface area contributed by atoms with Gasteiger partial charge in [0, 0.05) is 27.8 Å². The van der Waals surface area contributed by atoms with Gasteiger partial charge < -0.3 is 9.98 Å². The first-order valence-electron chi connectivity index (χ1n) is 17.1. The summed E-state index contributed by atoms with van der Waals surface area (Å²) in [4.78, 5) is 14.6. The second-order valence-corrected chi connectivity index (χ2v) is 19.8. The number of rotatable bonds is 8. The Morgan fingerprint density at radius 3 is 1.33 bits per heavy atom. The van der Waals surface area contributed by atoms with Crippen molar-refractivity contribution in [2.75, 3.05) is 0 Å². The molecule has 0 bridgehead atoms. The number of hydrogen-bond donors (Lipinski definition) is 0.